The molecule has 5 nitrogen and oxygen atoms in total. The zero-order valence-electron chi connectivity index (χ0n) is 13.8. The molecule has 26 heavy (non-hydrogen) atoms. The van der Waals surface area contributed by atoms with Crippen molar-refractivity contribution in [2.75, 3.05) is 5.32 Å². The second-order valence-corrected chi connectivity index (χ2v) is 6.03. The number of nitrogens with zero attached hydrogens (tertiary/aromatic N) is 1. The molecule has 1 aromatic heterocycles. The molecule has 0 saturated heterocycles. The molecule has 0 fully saturated rings. The summed E-state index contributed by atoms with van der Waals surface area (Å²) in [5, 5.41) is 5.71. The minimum atomic E-state index is -0.248. The van der Waals surface area contributed by atoms with Gasteiger partial charge in [0.05, 0.1) is 11.1 Å². The van der Waals surface area contributed by atoms with Crippen LogP contribution in [0.5, 0.6) is 0 Å². The number of para-hydroxylation sites is 1. The highest BCUT2D eigenvalue weighted by molar-refractivity contribution is 7.80. The Bertz CT molecular complexity index is 929. The monoisotopic (exact) mass is 363 g/mol. The molecule has 0 aliphatic heterocycles. The zero-order valence-corrected chi connectivity index (χ0v) is 14.7. The third-order valence-electron chi connectivity index (χ3n) is 3.78. The van der Waals surface area contributed by atoms with Gasteiger partial charge in [0.2, 0.25) is 0 Å². The predicted molar refractivity (Wildman–Crippen MR) is 103 cm³/mol. The molecule has 6 heteroatoms. The first kappa shape index (κ1) is 17.7. The van der Waals surface area contributed by atoms with E-state index in [2.05, 4.69) is 28.2 Å². The van der Waals surface area contributed by atoms with E-state index in [1.807, 2.05) is 24.3 Å². The van der Waals surface area contributed by atoms with Crippen LogP contribution in [0.3, 0.4) is 0 Å². The lowest BCUT2D eigenvalue weighted by Crippen LogP contribution is -2.24. The number of hydrogen-bond donors (Lipinski definition) is 3. The molecule has 0 atom stereocenters. The molecular formula is C20H17N3O2S. The maximum absolute atomic E-state index is 12.5. The number of carbonyl (C=O) groups is 2. The fraction of sp³-hybridized carbons (Fsp3) is 0.0500. The smallest absolute Gasteiger partial charge is 0.256 e. The van der Waals surface area contributed by atoms with Crippen LogP contribution in [0.25, 0.3) is 0 Å². The summed E-state index contributed by atoms with van der Waals surface area (Å²) >= 11 is 4.31. The third-order valence-corrected chi connectivity index (χ3v) is 4.17. The number of benzene rings is 2. The summed E-state index contributed by atoms with van der Waals surface area (Å²) in [6, 6.07) is 17.8. The number of amides is 2. The van der Waals surface area contributed by atoms with Crippen LogP contribution in [-0.2, 0) is 6.54 Å². The normalized spacial score (nSPS) is 10.2. The van der Waals surface area contributed by atoms with Gasteiger partial charge in [-0.05, 0) is 35.9 Å². The van der Waals surface area contributed by atoms with Crippen molar-refractivity contribution < 1.29 is 9.59 Å². The van der Waals surface area contributed by atoms with Gasteiger partial charge < -0.3 is 10.6 Å². The lowest BCUT2D eigenvalue weighted by Gasteiger charge is -2.13. The number of carbonyl (C=O) groups excluding carboxylic acids is 2. The second-order valence-electron chi connectivity index (χ2n) is 5.55. The SMILES string of the molecule is O=C(NCc1ccccc1NC(=O)c1ccccc1S)c1cccnc1. The average molecular weight is 363 g/mol. The molecule has 3 rings (SSSR count). The van der Waals surface area contributed by atoms with Gasteiger partial charge in [0.25, 0.3) is 11.8 Å². The molecule has 2 N–H and O–H groups in total. The lowest BCUT2D eigenvalue weighted by molar-refractivity contribution is 0.0950. The fourth-order valence-electron chi connectivity index (χ4n) is 2.43. The van der Waals surface area contributed by atoms with E-state index < -0.39 is 0 Å². The van der Waals surface area contributed by atoms with Crippen LogP contribution in [0.1, 0.15) is 26.3 Å². The summed E-state index contributed by atoms with van der Waals surface area (Å²) in [6.07, 6.45) is 3.12. The first-order valence-corrected chi connectivity index (χ1v) is 8.45. The van der Waals surface area contributed by atoms with E-state index in [4.69, 9.17) is 0 Å². The van der Waals surface area contributed by atoms with Gasteiger partial charge in [-0.15, -0.1) is 12.6 Å². The first-order valence-electron chi connectivity index (χ1n) is 8.00. The summed E-state index contributed by atoms with van der Waals surface area (Å²) in [7, 11) is 0. The van der Waals surface area contributed by atoms with Crippen molar-refractivity contribution in [2.24, 2.45) is 0 Å². The van der Waals surface area contributed by atoms with Crippen LogP contribution >= 0.6 is 12.6 Å². The molecule has 0 saturated carbocycles. The Balaban J connectivity index is 1.71. The van der Waals surface area contributed by atoms with Crippen molar-refractivity contribution in [2.45, 2.75) is 11.4 Å². The van der Waals surface area contributed by atoms with Crippen LogP contribution in [0, 0.1) is 0 Å². The maximum atomic E-state index is 12.5. The van der Waals surface area contributed by atoms with E-state index in [0.29, 0.717) is 21.7 Å². The van der Waals surface area contributed by atoms with Gasteiger partial charge in [-0.3, -0.25) is 14.6 Å². The van der Waals surface area contributed by atoms with Crippen molar-refractivity contribution in [3.05, 3.63) is 89.7 Å². The molecule has 2 aromatic carbocycles. The van der Waals surface area contributed by atoms with E-state index >= 15 is 0 Å². The Hall–Kier alpha value is -3.12. The van der Waals surface area contributed by atoms with E-state index in [-0.39, 0.29) is 18.4 Å². The Morgan fingerprint density at radius 1 is 0.923 bits per heavy atom. The van der Waals surface area contributed by atoms with Crippen LogP contribution in [0.4, 0.5) is 5.69 Å². The second kappa shape index (κ2) is 8.31. The summed E-state index contributed by atoms with van der Waals surface area (Å²) in [4.78, 5) is 29.2. The fourth-order valence-corrected chi connectivity index (χ4v) is 2.69. The molecular weight excluding hydrogens is 346 g/mol. The first-order chi connectivity index (χ1) is 12.6. The van der Waals surface area contributed by atoms with Gasteiger partial charge in [0.1, 0.15) is 0 Å². The Morgan fingerprint density at radius 2 is 1.69 bits per heavy atom. The highest BCUT2D eigenvalue weighted by Crippen LogP contribution is 2.19. The predicted octanol–water partition coefficient (Wildman–Crippen LogP) is 3.55. The van der Waals surface area contributed by atoms with Gasteiger partial charge in [-0.1, -0.05) is 30.3 Å². The van der Waals surface area contributed by atoms with Crippen molar-refractivity contribution >= 4 is 30.1 Å². The van der Waals surface area contributed by atoms with Gasteiger partial charge >= 0.3 is 0 Å². The van der Waals surface area contributed by atoms with Gasteiger partial charge in [-0.25, -0.2) is 0 Å². The van der Waals surface area contributed by atoms with E-state index in [1.165, 1.54) is 6.20 Å². The molecule has 0 spiro atoms. The number of nitrogens with one attached hydrogen (secondary N) is 2. The number of aromatic nitrogens is 1. The van der Waals surface area contributed by atoms with Crippen LogP contribution < -0.4 is 10.6 Å². The minimum absolute atomic E-state index is 0.222. The molecule has 0 aliphatic carbocycles. The molecule has 3 aromatic rings. The minimum Gasteiger partial charge on any atom is -0.348 e. The van der Waals surface area contributed by atoms with Crippen molar-refractivity contribution in [1.29, 1.82) is 0 Å². The topological polar surface area (TPSA) is 71.1 Å². The number of anilines is 1. The Kier molecular flexibility index (Phi) is 5.66. The van der Waals surface area contributed by atoms with Crippen LogP contribution in [-0.4, -0.2) is 16.8 Å². The molecule has 1 heterocycles. The Morgan fingerprint density at radius 3 is 2.46 bits per heavy atom. The van der Waals surface area contributed by atoms with E-state index in [1.54, 1.807) is 42.6 Å². The van der Waals surface area contributed by atoms with Gasteiger partial charge in [-0.2, -0.15) is 0 Å². The largest absolute Gasteiger partial charge is 0.348 e. The zero-order chi connectivity index (χ0) is 18.4. The van der Waals surface area contributed by atoms with Crippen LogP contribution in [0.15, 0.2) is 78.0 Å². The average Bonchev–Trinajstić information content (AvgIpc) is 2.68. The van der Waals surface area contributed by atoms with Crippen molar-refractivity contribution in [1.82, 2.24) is 10.3 Å². The molecule has 130 valence electrons. The van der Waals surface area contributed by atoms with E-state index in [9.17, 15) is 9.59 Å². The van der Waals surface area contributed by atoms with Gasteiger partial charge in [0.15, 0.2) is 0 Å². The number of hydrogen-bond acceptors (Lipinski definition) is 4. The molecule has 0 aliphatic rings. The Labute approximate surface area is 156 Å². The number of rotatable bonds is 5. The molecule has 0 bridgehead atoms. The van der Waals surface area contributed by atoms with Gasteiger partial charge in [0, 0.05) is 29.5 Å². The maximum Gasteiger partial charge on any atom is 0.256 e. The lowest BCUT2D eigenvalue weighted by atomic mass is 10.1. The summed E-state index contributed by atoms with van der Waals surface area (Å²) in [6.45, 7) is 0.284. The summed E-state index contributed by atoms with van der Waals surface area (Å²) in [5.74, 6) is -0.471. The number of thiol groups is 1. The quantitative estimate of drug-likeness (QED) is 0.607. The van der Waals surface area contributed by atoms with Crippen LogP contribution in [0.2, 0.25) is 0 Å². The summed E-state index contributed by atoms with van der Waals surface area (Å²) in [5.41, 5.74) is 2.42. The molecule has 2 amide bonds. The molecule has 0 unspecified atom stereocenters. The highest BCUT2D eigenvalue weighted by atomic mass is 32.1. The highest BCUT2D eigenvalue weighted by Gasteiger charge is 2.12. The standard InChI is InChI=1S/C20H17N3O2S/c24-19(15-7-5-11-21-12-15)22-13-14-6-1-3-9-17(14)23-20(25)16-8-2-4-10-18(16)26/h1-12,26H,13H2,(H,22,24)(H,23,25). The molecule has 0 radical (unpaired) electrons. The summed E-state index contributed by atoms with van der Waals surface area (Å²) < 4.78 is 0. The van der Waals surface area contributed by atoms with E-state index in [0.717, 1.165) is 5.56 Å². The number of pyridine rings is 1. The van der Waals surface area contributed by atoms with Crippen molar-refractivity contribution in [3.8, 4) is 0 Å². The van der Waals surface area contributed by atoms with Crippen molar-refractivity contribution in [3.63, 3.8) is 0 Å². The third kappa shape index (κ3) is 4.29.